The van der Waals surface area contributed by atoms with Gasteiger partial charge in [0.15, 0.2) is 0 Å². The number of carbonyl (C=O) groups excluding carboxylic acids is 3. The predicted molar refractivity (Wildman–Crippen MR) is 108 cm³/mol. The van der Waals surface area contributed by atoms with E-state index >= 15 is 0 Å². The van der Waals surface area contributed by atoms with Crippen LogP contribution in [0.15, 0.2) is 24.3 Å². The Morgan fingerprint density at radius 3 is 2.60 bits per heavy atom. The van der Waals surface area contributed by atoms with Crippen LogP contribution < -0.4 is 0 Å². The van der Waals surface area contributed by atoms with Gasteiger partial charge in [0.2, 0.25) is 0 Å². The maximum atomic E-state index is 14.0. The van der Waals surface area contributed by atoms with Crippen molar-refractivity contribution in [3.05, 3.63) is 24.3 Å². The number of rotatable bonds is 0. The molecular weight excluding hydrogens is 380 g/mol. The molecule has 4 aliphatic carbocycles. The molecule has 5 fully saturated rings. The number of Topliss-reactive ketones (excluding diaryl/α,β-unsaturated/α-hetero) is 1. The third kappa shape index (κ3) is 1.67. The van der Waals surface area contributed by atoms with Crippen LogP contribution in [0.1, 0.15) is 53.4 Å². The Morgan fingerprint density at radius 1 is 1.13 bits per heavy atom. The molecule has 0 aromatic rings. The van der Waals surface area contributed by atoms with Gasteiger partial charge in [0, 0.05) is 28.7 Å². The topological polar surface area (TPSA) is 69.7 Å². The fourth-order valence-electron chi connectivity index (χ4n) is 9.69. The van der Waals surface area contributed by atoms with Crippen molar-refractivity contribution in [2.45, 2.75) is 59.0 Å². The number of esters is 2. The van der Waals surface area contributed by atoms with Crippen LogP contribution in [0.4, 0.5) is 0 Å². The lowest BCUT2D eigenvalue weighted by Crippen LogP contribution is -2.66. The van der Waals surface area contributed by atoms with Crippen molar-refractivity contribution in [1.82, 2.24) is 0 Å². The minimum Gasteiger partial charge on any atom is -0.464 e. The van der Waals surface area contributed by atoms with Gasteiger partial charge >= 0.3 is 11.9 Å². The quantitative estimate of drug-likeness (QED) is 0.451. The molecule has 1 saturated heterocycles. The van der Waals surface area contributed by atoms with E-state index in [0.29, 0.717) is 13.0 Å². The summed E-state index contributed by atoms with van der Waals surface area (Å²) in [6.07, 6.45) is 6.77. The number of cyclic esters (lactones) is 2. The number of hydrogen-bond acceptors (Lipinski definition) is 5. The van der Waals surface area contributed by atoms with Crippen molar-refractivity contribution in [2.24, 2.45) is 45.3 Å². The van der Waals surface area contributed by atoms with Crippen LogP contribution in [0.2, 0.25) is 0 Å². The normalized spacial score (nSPS) is 54.8. The monoisotopic (exact) mass is 410 g/mol. The van der Waals surface area contributed by atoms with E-state index in [4.69, 9.17) is 9.47 Å². The molecule has 0 amide bonds. The van der Waals surface area contributed by atoms with Gasteiger partial charge in [-0.2, -0.15) is 0 Å². The second-order valence-electron chi connectivity index (χ2n) is 11.9. The van der Waals surface area contributed by atoms with Gasteiger partial charge in [-0.05, 0) is 56.3 Å². The van der Waals surface area contributed by atoms with E-state index in [0.717, 1.165) is 24.8 Å². The number of hydrogen-bond donors (Lipinski definition) is 0. The first-order valence-electron chi connectivity index (χ1n) is 11.3. The average Bonchev–Trinajstić information content (AvgIpc) is 3.02. The SMILES string of the molecule is C=C1[C@H]2C(=O)[C@]3(C)C[C@@H]4C(=O)OC[C@]14[C@@]1(CCC4C(C)(C)OC(=O)C=C[C@]4(C)[C@H]21)C3. The molecule has 2 heterocycles. The van der Waals surface area contributed by atoms with Crippen molar-refractivity contribution in [3.8, 4) is 0 Å². The highest BCUT2D eigenvalue weighted by atomic mass is 16.6. The number of fused-ring (bicyclic) bond motifs is 2. The van der Waals surface area contributed by atoms with Gasteiger partial charge in [-0.1, -0.05) is 32.1 Å². The molecule has 5 nitrogen and oxygen atoms in total. The molecule has 1 unspecified atom stereocenters. The van der Waals surface area contributed by atoms with Crippen molar-refractivity contribution in [1.29, 1.82) is 0 Å². The molecule has 6 rings (SSSR count). The second-order valence-corrected chi connectivity index (χ2v) is 11.9. The molecule has 5 heteroatoms. The summed E-state index contributed by atoms with van der Waals surface area (Å²) in [5.74, 6) is -0.673. The molecule has 4 saturated carbocycles. The van der Waals surface area contributed by atoms with E-state index in [2.05, 4.69) is 20.4 Å². The van der Waals surface area contributed by atoms with E-state index in [1.807, 2.05) is 19.9 Å². The van der Waals surface area contributed by atoms with E-state index in [1.54, 1.807) is 6.08 Å². The lowest BCUT2D eigenvalue weighted by atomic mass is 9.36. The van der Waals surface area contributed by atoms with Crippen molar-refractivity contribution in [3.63, 3.8) is 0 Å². The minimum atomic E-state index is -0.625. The number of carbonyl (C=O) groups is 3. The van der Waals surface area contributed by atoms with Crippen LogP contribution in [0.3, 0.4) is 0 Å². The zero-order valence-corrected chi connectivity index (χ0v) is 18.2. The molecular formula is C25H30O5. The van der Waals surface area contributed by atoms with E-state index < -0.39 is 21.8 Å². The summed E-state index contributed by atoms with van der Waals surface area (Å²) in [6, 6.07) is 0. The lowest BCUT2D eigenvalue weighted by Gasteiger charge is -2.66. The van der Waals surface area contributed by atoms with Crippen LogP contribution in [0.5, 0.6) is 0 Å². The van der Waals surface area contributed by atoms with Crippen LogP contribution in [-0.2, 0) is 23.9 Å². The van der Waals surface area contributed by atoms with Gasteiger partial charge in [-0.25, -0.2) is 4.79 Å². The molecule has 0 N–H and O–H groups in total. The highest BCUT2D eigenvalue weighted by Crippen LogP contribution is 2.84. The molecule has 30 heavy (non-hydrogen) atoms. The summed E-state index contributed by atoms with van der Waals surface area (Å²) in [4.78, 5) is 39.2. The summed E-state index contributed by atoms with van der Waals surface area (Å²) in [6.45, 7) is 13.1. The highest BCUT2D eigenvalue weighted by molar-refractivity contribution is 5.96. The fraction of sp³-hybridized carbons (Fsp3) is 0.720. The molecule has 8 atom stereocenters. The van der Waals surface area contributed by atoms with Crippen LogP contribution in [0, 0.1) is 45.3 Å². The molecule has 6 aliphatic rings. The summed E-state index contributed by atoms with van der Waals surface area (Å²) in [5.41, 5.74) is -1.24. The Labute approximate surface area is 177 Å². The van der Waals surface area contributed by atoms with Crippen molar-refractivity contribution in [2.75, 3.05) is 6.61 Å². The second kappa shape index (κ2) is 4.94. The van der Waals surface area contributed by atoms with Crippen molar-refractivity contribution < 1.29 is 23.9 Å². The van der Waals surface area contributed by atoms with Gasteiger partial charge < -0.3 is 9.47 Å². The number of allylic oxidation sites excluding steroid dienone is 1. The first-order valence-corrected chi connectivity index (χ1v) is 11.3. The van der Waals surface area contributed by atoms with Crippen LogP contribution >= 0.6 is 0 Å². The molecule has 0 aromatic heterocycles. The van der Waals surface area contributed by atoms with Gasteiger partial charge in [-0.3, -0.25) is 9.59 Å². The van der Waals surface area contributed by atoms with E-state index in [-0.39, 0.29) is 46.8 Å². The smallest absolute Gasteiger partial charge is 0.330 e. The molecule has 3 bridgehead atoms. The van der Waals surface area contributed by atoms with Gasteiger partial charge in [0.05, 0.1) is 5.92 Å². The Balaban J connectivity index is 1.63. The highest BCUT2D eigenvalue weighted by Gasteiger charge is 2.84. The minimum absolute atomic E-state index is 0.0131. The zero-order chi connectivity index (χ0) is 21.5. The van der Waals surface area contributed by atoms with Gasteiger partial charge in [0.1, 0.15) is 18.0 Å². The standard InChI is InChI=1S/C25H30O5/c1-13-17-18-23(5)8-7-16(26)30-21(2,3)15(23)6-9-24(18)11-22(4,19(17)27)10-14-20(28)29-12-25(13,14)24/h7-8,14-15,17-18H,1,6,9-12H2,2-5H3/t14-,15?,17-,18+,22-,23+,24+,25+/m1/s1. The molecule has 2 spiro atoms. The van der Waals surface area contributed by atoms with Crippen LogP contribution in [0.25, 0.3) is 0 Å². The average molecular weight is 411 g/mol. The largest absolute Gasteiger partial charge is 0.464 e. The van der Waals surface area contributed by atoms with Gasteiger partial charge in [-0.15, -0.1) is 0 Å². The Kier molecular flexibility index (Phi) is 3.10. The Morgan fingerprint density at radius 2 is 1.87 bits per heavy atom. The molecule has 0 radical (unpaired) electrons. The fourth-order valence-corrected chi connectivity index (χ4v) is 9.69. The number of ketones is 1. The summed E-state index contributed by atoms with van der Waals surface area (Å²) < 4.78 is 11.5. The predicted octanol–water partition coefficient (Wildman–Crippen LogP) is 3.63. The maximum Gasteiger partial charge on any atom is 0.330 e. The lowest BCUT2D eigenvalue weighted by molar-refractivity contribution is -0.204. The number of ether oxygens (including phenoxy) is 2. The molecule has 160 valence electrons. The molecule has 2 aliphatic heterocycles. The van der Waals surface area contributed by atoms with Crippen LogP contribution in [-0.4, -0.2) is 29.9 Å². The summed E-state index contributed by atoms with van der Waals surface area (Å²) in [5, 5.41) is 0. The zero-order valence-electron chi connectivity index (χ0n) is 18.2. The first-order chi connectivity index (χ1) is 13.9. The molecule has 0 aromatic carbocycles. The summed E-state index contributed by atoms with van der Waals surface area (Å²) in [7, 11) is 0. The Bertz CT molecular complexity index is 976. The maximum absolute atomic E-state index is 14.0. The van der Waals surface area contributed by atoms with E-state index in [9.17, 15) is 14.4 Å². The Hall–Kier alpha value is -1.91. The first kappa shape index (κ1) is 18.8. The summed E-state index contributed by atoms with van der Waals surface area (Å²) >= 11 is 0. The third-order valence-electron chi connectivity index (χ3n) is 10.4. The third-order valence-corrected chi connectivity index (χ3v) is 10.4. The van der Waals surface area contributed by atoms with Gasteiger partial charge in [0.25, 0.3) is 0 Å². The van der Waals surface area contributed by atoms with E-state index in [1.165, 1.54) is 0 Å². The van der Waals surface area contributed by atoms with Crippen molar-refractivity contribution >= 4 is 17.7 Å².